The Hall–Kier alpha value is -2.77. The summed E-state index contributed by atoms with van der Waals surface area (Å²) in [5, 5.41) is 3.05. The molecule has 2 saturated heterocycles. The van der Waals surface area contributed by atoms with E-state index in [1.54, 1.807) is 17.0 Å². The SMILES string of the molecule is CCc1ccc(N2C[C@@H](C(=O)NC[C@@H](c3ccc(F)cc3)N3CCOCC3)CC2=O)cc1. The molecule has 2 atom stereocenters. The Balaban J connectivity index is 1.40. The quantitative estimate of drug-likeness (QED) is 0.721. The lowest BCUT2D eigenvalue weighted by molar-refractivity contribution is -0.126. The minimum atomic E-state index is -0.382. The number of nitrogens with zero attached hydrogens (tertiary/aromatic N) is 2. The van der Waals surface area contributed by atoms with Crippen LogP contribution in [-0.2, 0) is 20.7 Å². The van der Waals surface area contributed by atoms with Crippen molar-refractivity contribution in [1.29, 1.82) is 0 Å². The Labute approximate surface area is 188 Å². The average Bonchev–Trinajstić information content (AvgIpc) is 3.22. The van der Waals surface area contributed by atoms with E-state index in [1.165, 1.54) is 17.7 Å². The minimum Gasteiger partial charge on any atom is -0.379 e. The van der Waals surface area contributed by atoms with Crippen LogP contribution in [0.1, 0.15) is 30.5 Å². The van der Waals surface area contributed by atoms with Crippen molar-refractivity contribution in [3.63, 3.8) is 0 Å². The monoisotopic (exact) mass is 439 g/mol. The molecule has 2 aliphatic rings. The van der Waals surface area contributed by atoms with Crippen molar-refractivity contribution in [2.45, 2.75) is 25.8 Å². The molecule has 7 heteroatoms. The number of anilines is 1. The second-order valence-corrected chi connectivity index (χ2v) is 8.39. The lowest BCUT2D eigenvalue weighted by Gasteiger charge is -2.35. The van der Waals surface area contributed by atoms with Gasteiger partial charge in [0.1, 0.15) is 5.82 Å². The molecular formula is C25H30FN3O3. The predicted molar refractivity (Wildman–Crippen MR) is 121 cm³/mol. The van der Waals surface area contributed by atoms with Crippen LogP contribution >= 0.6 is 0 Å². The van der Waals surface area contributed by atoms with Crippen molar-refractivity contribution in [1.82, 2.24) is 10.2 Å². The zero-order valence-corrected chi connectivity index (χ0v) is 18.4. The smallest absolute Gasteiger partial charge is 0.227 e. The van der Waals surface area contributed by atoms with E-state index in [1.807, 2.05) is 24.3 Å². The molecule has 2 aromatic carbocycles. The summed E-state index contributed by atoms with van der Waals surface area (Å²) in [6.07, 6.45) is 1.15. The molecule has 2 fully saturated rings. The normalized spacial score (nSPS) is 20.4. The van der Waals surface area contributed by atoms with Crippen molar-refractivity contribution in [3.05, 3.63) is 65.5 Å². The average molecular weight is 440 g/mol. The fraction of sp³-hybridized carbons (Fsp3) is 0.440. The fourth-order valence-corrected chi connectivity index (χ4v) is 4.42. The van der Waals surface area contributed by atoms with Gasteiger partial charge in [0.05, 0.1) is 25.2 Å². The summed E-state index contributed by atoms with van der Waals surface area (Å²) < 4.78 is 18.9. The first-order chi connectivity index (χ1) is 15.5. The summed E-state index contributed by atoms with van der Waals surface area (Å²) in [5.41, 5.74) is 3.00. The molecule has 2 amide bonds. The van der Waals surface area contributed by atoms with Crippen LogP contribution in [0.15, 0.2) is 48.5 Å². The van der Waals surface area contributed by atoms with Gasteiger partial charge in [-0.3, -0.25) is 14.5 Å². The van der Waals surface area contributed by atoms with Gasteiger partial charge in [-0.25, -0.2) is 4.39 Å². The molecule has 170 valence electrons. The van der Waals surface area contributed by atoms with Crippen LogP contribution < -0.4 is 10.2 Å². The van der Waals surface area contributed by atoms with E-state index < -0.39 is 0 Å². The molecule has 0 unspecified atom stereocenters. The number of carbonyl (C=O) groups is 2. The van der Waals surface area contributed by atoms with Crippen LogP contribution in [0.5, 0.6) is 0 Å². The molecule has 0 saturated carbocycles. The van der Waals surface area contributed by atoms with Crippen LogP contribution in [0.2, 0.25) is 0 Å². The number of amides is 2. The van der Waals surface area contributed by atoms with Crippen LogP contribution in [0.25, 0.3) is 0 Å². The molecule has 0 aliphatic carbocycles. The van der Waals surface area contributed by atoms with Crippen molar-refractivity contribution >= 4 is 17.5 Å². The molecule has 1 N–H and O–H groups in total. The van der Waals surface area contributed by atoms with Gasteiger partial charge in [0.15, 0.2) is 0 Å². The minimum absolute atomic E-state index is 0.0299. The molecule has 0 radical (unpaired) electrons. The van der Waals surface area contributed by atoms with E-state index in [4.69, 9.17) is 4.74 Å². The number of aryl methyl sites for hydroxylation is 1. The summed E-state index contributed by atoms with van der Waals surface area (Å²) in [6.45, 7) is 5.65. The number of ether oxygens (including phenoxy) is 1. The first kappa shape index (κ1) is 22.4. The number of rotatable bonds is 7. The number of hydrogen-bond donors (Lipinski definition) is 1. The Kier molecular flexibility index (Phi) is 7.17. The fourth-order valence-electron chi connectivity index (χ4n) is 4.42. The molecule has 32 heavy (non-hydrogen) atoms. The highest BCUT2D eigenvalue weighted by molar-refractivity contribution is 6.00. The van der Waals surface area contributed by atoms with Crippen molar-refractivity contribution in [2.75, 3.05) is 44.3 Å². The standard InChI is InChI=1S/C25H30FN3O3/c1-2-18-3-9-22(10-4-18)29-17-20(15-24(29)30)25(31)27-16-23(28-11-13-32-14-12-28)19-5-7-21(26)8-6-19/h3-10,20,23H,2,11-17H2,1H3,(H,27,31)/t20-,23-/m0/s1. The topological polar surface area (TPSA) is 61.9 Å². The summed E-state index contributed by atoms with van der Waals surface area (Å²) in [7, 11) is 0. The maximum absolute atomic E-state index is 13.4. The molecule has 0 bridgehead atoms. The number of hydrogen-bond acceptors (Lipinski definition) is 4. The summed E-state index contributed by atoms with van der Waals surface area (Å²) >= 11 is 0. The molecule has 2 aromatic rings. The summed E-state index contributed by atoms with van der Waals surface area (Å²) in [6, 6.07) is 14.3. The van der Waals surface area contributed by atoms with E-state index in [2.05, 4.69) is 17.1 Å². The van der Waals surface area contributed by atoms with Crippen molar-refractivity contribution in [2.24, 2.45) is 5.92 Å². The van der Waals surface area contributed by atoms with Crippen LogP contribution in [0.4, 0.5) is 10.1 Å². The lowest BCUT2D eigenvalue weighted by atomic mass is 10.0. The molecule has 0 aromatic heterocycles. The summed E-state index contributed by atoms with van der Waals surface area (Å²) in [4.78, 5) is 29.5. The van der Waals surface area contributed by atoms with Crippen LogP contribution in [-0.4, -0.2) is 56.1 Å². The highest BCUT2D eigenvalue weighted by atomic mass is 19.1. The maximum Gasteiger partial charge on any atom is 0.227 e. The van der Waals surface area contributed by atoms with Gasteiger partial charge >= 0.3 is 0 Å². The molecule has 0 spiro atoms. The van der Waals surface area contributed by atoms with Gasteiger partial charge in [-0.2, -0.15) is 0 Å². The van der Waals surface area contributed by atoms with E-state index in [-0.39, 0.29) is 36.0 Å². The third-order valence-corrected chi connectivity index (χ3v) is 6.36. The Morgan fingerprint density at radius 3 is 2.47 bits per heavy atom. The maximum atomic E-state index is 13.4. The van der Waals surface area contributed by atoms with Crippen LogP contribution in [0, 0.1) is 11.7 Å². The molecule has 2 aliphatic heterocycles. The second kappa shape index (κ2) is 10.2. The van der Waals surface area contributed by atoms with Gasteiger partial charge in [0.2, 0.25) is 11.8 Å². The Morgan fingerprint density at radius 2 is 1.81 bits per heavy atom. The Bertz CT molecular complexity index is 926. The first-order valence-corrected chi connectivity index (χ1v) is 11.3. The predicted octanol–water partition coefficient (Wildman–Crippen LogP) is 2.93. The first-order valence-electron chi connectivity index (χ1n) is 11.3. The zero-order chi connectivity index (χ0) is 22.5. The van der Waals surface area contributed by atoms with Gasteiger partial charge < -0.3 is 15.0 Å². The number of benzene rings is 2. The molecule has 2 heterocycles. The number of morpholine rings is 1. The zero-order valence-electron chi connectivity index (χ0n) is 18.4. The molecule has 6 nitrogen and oxygen atoms in total. The van der Waals surface area contributed by atoms with E-state index in [0.717, 1.165) is 30.8 Å². The number of halogens is 1. The second-order valence-electron chi connectivity index (χ2n) is 8.39. The lowest BCUT2D eigenvalue weighted by Crippen LogP contribution is -2.45. The van der Waals surface area contributed by atoms with Gasteiger partial charge in [-0.15, -0.1) is 0 Å². The van der Waals surface area contributed by atoms with Gasteiger partial charge in [0.25, 0.3) is 0 Å². The summed E-state index contributed by atoms with van der Waals surface area (Å²) in [5.74, 6) is -0.814. The number of nitrogens with one attached hydrogen (secondary N) is 1. The van der Waals surface area contributed by atoms with E-state index >= 15 is 0 Å². The van der Waals surface area contributed by atoms with E-state index in [0.29, 0.717) is 26.3 Å². The Morgan fingerprint density at radius 1 is 1.12 bits per heavy atom. The van der Waals surface area contributed by atoms with Crippen molar-refractivity contribution in [3.8, 4) is 0 Å². The highest BCUT2D eigenvalue weighted by Crippen LogP contribution is 2.26. The van der Waals surface area contributed by atoms with Gasteiger partial charge in [0, 0.05) is 38.3 Å². The third kappa shape index (κ3) is 5.16. The molecule has 4 rings (SSSR count). The van der Waals surface area contributed by atoms with Crippen molar-refractivity contribution < 1.29 is 18.7 Å². The number of carbonyl (C=O) groups excluding carboxylic acids is 2. The van der Waals surface area contributed by atoms with Gasteiger partial charge in [-0.1, -0.05) is 31.2 Å². The third-order valence-electron chi connectivity index (χ3n) is 6.36. The molecular weight excluding hydrogens is 409 g/mol. The van der Waals surface area contributed by atoms with Gasteiger partial charge in [-0.05, 0) is 41.8 Å². The van der Waals surface area contributed by atoms with E-state index in [9.17, 15) is 14.0 Å². The highest BCUT2D eigenvalue weighted by Gasteiger charge is 2.35. The largest absolute Gasteiger partial charge is 0.379 e. The van der Waals surface area contributed by atoms with Crippen LogP contribution in [0.3, 0.4) is 0 Å².